The van der Waals surface area contributed by atoms with Gasteiger partial charge in [-0.25, -0.2) is 9.69 Å². The fourth-order valence-electron chi connectivity index (χ4n) is 5.46. The Morgan fingerprint density at radius 2 is 1.23 bits per heavy atom. The average molecular weight is 435 g/mol. The zero-order valence-corrected chi connectivity index (χ0v) is 20.2. The van der Waals surface area contributed by atoms with Gasteiger partial charge in [-0.2, -0.15) is 0 Å². The van der Waals surface area contributed by atoms with E-state index in [-0.39, 0.29) is 11.9 Å². The zero-order chi connectivity index (χ0) is 22.1. The lowest BCUT2D eigenvalue weighted by molar-refractivity contribution is -0.135. The molecule has 3 aliphatic heterocycles. The van der Waals surface area contributed by atoms with Gasteiger partial charge in [0.25, 0.3) is 5.91 Å². The quantitative estimate of drug-likeness (QED) is 0.319. The molecule has 0 spiro atoms. The second kappa shape index (κ2) is 12.2. The van der Waals surface area contributed by atoms with Crippen LogP contribution in [-0.2, 0) is 4.79 Å². The van der Waals surface area contributed by atoms with Crippen LogP contribution in [0.4, 0.5) is 4.79 Å². The predicted octanol–water partition coefficient (Wildman–Crippen LogP) is 5.04. The summed E-state index contributed by atoms with van der Waals surface area (Å²) in [6.07, 6.45) is 16.7. The van der Waals surface area contributed by atoms with E-state index < -0.39 is 5.54 Å². The van der Waals surface area contributed by atoms with Gasteiger partial charge in [-0.05, 0) is 65.2 Å². The number of hydrogen-bond donors (Lipinski definition) is 0. The van der Waals surface area contributed by atoms with Gasteiger partial charge in [0.05, 0.1) is 13.3 Å². The van der Waals surface area contributed by atoms with Crippen LogP contribution in [0.15, 0.2) is 0 Å². The van der Waals surface area contributed by atoms with Crippen LogP contribution in [0.1, 0.15) is 104 Å². The Bertz CT molecular complexity index is 572. The third-order valence-corrected chi connectivity index (χ3v) is 7.61. The van der Waals surface area contributed by atoms with Crippen molar-refractivity contribution in [3.05, 3.63) is 0 Å². The van der Waals surface area contributed by atoms with Gasteiger partial charge in [0, 0.05) is 0 Å². The molecule has 178 valence electrons. The lowest BCUT2D eigenvalue weighted by atomic mass is 9.92. The van der Waals surface area contributed by atoms with Crippen molar-refractivity contribution in [1.82, 2.24) is 19.6 Å². The number of nitrogens with zero attached hydrogens (tertiary/aromatic N) is 4. The Kier molecular flexibility index (Phi) is 9.64. The standard InChI is InChI=1S/C25H46N4O2/c1-3-4-5-6-7-8-11-16-25(2)23(30)28(21-26-17-12-9-13-18-26)24(31)29(25)22-27-19-14-10-15-20-27/h3-22H2,1-2H3. The minimum atomic E-state index is -0.687. The number of carbonyl (C=O) groups excluding carboxylic acids is 2. The third kappa shape index (κ3) is 6.44. The molecule has 3 rings (SSSR count). The first-order valence-corrected chi connectivity index (χ1v) is 13.1. The monoisotopic (exact) mass is 434 g/mol. The van der Waals surface area contributed by atoms with Gasteiger partial charge in [0.2, 0.25) is 0 Å². The fourth-order valence-corrected chi connectivity index (χ4v) is 5.46. The lowest BCUT2D eigenvalue weighted by Gasteiger charge is -2.37. The molecule has 1 unspecified atom stereocenters. The minimum absolute atomic E-state index is 0.0334. The molecule has 0 bridgehead atoms. The summed E-state index contributed by atoms with van der Waals surface area (Å²) in [5, 5.41) is 0. The zero-order valence-electron chi connectivity index (χ0n) is 20.2. The minimum Gasteiger partial charge on any atom is -0.297 e. The number of urea groups is 1. The van der Waals surface area contributed by atoms with Crippen LogP contribution in [0, 0.1) is 0 Å². The molecule has 0 aromatic heterocycles. The van der Waals surface area contributed by atoms with Crippen LogP contribution < -0.4 is 0 Å². The van der Waals surface area contributed by atoms with Crippen molar-refractivity contribution in [1.29, 1.82) is 0 Å². The van der Waals surface area contributed by atoms with E-state index >= 15 is 0 Å². The molecule has 0 saturated carbocycles. The molecule has 0 N–H and O–H groups in total. The molecule has 3 amide bonds. The first-order chi connectivity index (χ1) is 15.1. The molecular formula is C25H46N4O2. The predicted molar refractivity (Wildman–Crippen MR) is 126 cm³/mol. The van der Waals surface area contributed by atoms with Gasteiger partial charge in [-0.1, -0.05) is 64.7 Å². The van der Waals surface area contributed by atoms with Crippen molar-refractivity contribution >= 4 is 11.9 Å². The Morgan fingerprint density at radius 1 is 0.710 bits per heavy atom. The van der Waals surface area contributed by atoms with Crippen molar-refractivity contribution in [2.24, 2.45) is 0 Å². The first-order valence-electron chi connectivity index (χ1n) is 13.1. The molecule has 0 aliphatic carbocycles. The van der Waals surface area contributed by atoms with Crippen LogP contribution in [0.3, 0.4) is 0 Å². The third-order valence-electron chi connectivity index (χ3n) is 7.61. The van der Waals surface area contributed by atoms with Gasteiger partial charge < -0.3 is 0 Å². The summed E-state index contributed by atoms with van der Waals surface area (Å²) in [6, 6.07) is -0.0633. The number of carbonyl (C=O) groups is 2. The molecule has 6 nitrogen and oxygen atoms in total. The molecule has 0 radical (unpaired) electrons. The molecule has 0 aromatic carbocycles. The highest BCUT2D eigenvalue weighted by molar-refractivity contribution is 6.06. The van der Waals surface area contributed by atoms with Crippen molar-refractivity contribution in [2.75, 3.05) is 39.5 Å². The van der Waals surface area contributed by atoms with E-state index in [0.717, 1.165) is 45.4 Å². The van der Waals surface area contributed by atoms with Crippen molar-refractivity contribution in [3.63, 3.8) is 0 Å². The molecule has 1 atom stereocenters. The van der Waals surface area contributed by atoms with Gasteiger partial charge in [-0.15, -0.1) is 0 Å². The van der Waals surface area contributed by atoms with E-state index in [2.05, 4.69) is 16.7 Å². The maximum Gasteiger partial charge on any atom is 0.329 e. The van der Waals surface area contributed by atoms with E-state index in [4.69, 9.17) is 0 Å². The van der Waals surface area contributed by atoms with Crippen LogP contribution in [0.5, 0.6) is 0 Å². The molecule has 0 aromatic rings. The molecule has 31 heavy (non-hydrogen) atoms. The average Bonchev–Trinajstić information content (AvgIpc) is 2.96. The lowest BCUT2D eigenvalue weighted by Crippen LogP contribution is -2.52. The highest BCUT2D eigenvalue weighted by atomic mass is 16.2. The Balaban J connectivity index is 1.62. The molecule has 3 fully saturated rings. The second-order valence-electron chi connectivity index (χ2n) is 10.2. The normalized spacial score (nSPS) is 26.3. The number of rotatable bonds is 12. The van der Waals surface area contributed by atoms with Crippen LogP contribution in [-0.4, -0.2) is 76.6 Å². The summed E-state index contributed by atoms with van der Waals surface area (Å²) < 4.78 is 0. The number of likely N-dealkylation sites (tertiary alicyclic amines) is 2. The summed E-state index contributed by atoms with van der Waals surface area (Å²) in [5.41, 5.74) is -0.687. The summed E-state index contributed by atoms with van der Waals surface area (Å²) in [4.78, 5) is 35.2. The maximum absolute atomic E-state index is 13.6. The number of imide groups is 1. The van der Waals surface area contributed by atoms with Gasteiger partial charge in [-0.3, -0.25) is 19.5 Å². The molecule has 3 aliphatic rings. The number of amides is 3. The Labute approximate surface area is 190 Å². The highest BCUT2D eigenvalue weighted by Gasteiger charge is 2.54. The number of hydrogen-bond acceptors (Lipinski definition) is 4. The van der Waals surface area contributed by atoms with Crippen LogP contribution in [0.2, 0.25) is 0 Å². The summed E-state index contributed by atoms with van der Waals surface area (Å²) in [5.74, 6) is 0.0334. The van der Waals surface area contributed by atoms with Gasteiger partial charge >= 0.3 is 6.03 Å². The fraction of sp³-hybridized carbons (Fsp3) is 0.920. The second-order valence-corrected chi connectivity index (χ2v) is 10.2. The smallest absolute Gasteiger partial charge is 0.297 e. The van der Waals surface area contributed by atoms with Crippen molar-refractivity contribution in [2.45, 2.75) is 109 Å². The van der Waals surface area contributed by atoms with Crippen molar-refractivity contribution < 1.29 is 9.59 Å². The van der Waals surface area contributed by atoms with E-state index in [1.807, 2.05) is 11.8 Å². The van der Waals surface area contributed by atoms with Gasteiger partial charge in [0.15, 0.2) is 0 Å². The highest BCUT2D eigenvalue weighted by Crippen LogP contribution is 2.34. The number of unbranched alkanes of at least 4 members (excludes halogenated alkanes) is 6. The SMILES string of the molecule is CCCCCCCCCC1(C)C(=O)N(CN2CCCCC2)C(=O)N1CN1CCCCC1. The molecule has 3 heterocycles. The molecule has 3 saturated heterocycles. The Morgan fingerprint density at radius 3 is 1.81 bits per heavy atom. The summed E-state index contributed by atoms with van der Waals surface area (Å²) in [7, 11) is 0. The summed E-state index contributed by atoms with van der Waals surface area (Å²) in [6.45, 7) is 9.43. The maximum atomic E-state index is 13.6. The molecule has 6 heteroatoms. The van der Waals surface area contributed by atoms with E-state index in [1.54, 1.807) is 4.90 Å². The van der Waals surface area contributed by atoms with Crippen LogP contribution >= 0.6 is 0 Å². The first kappa shape index (κ1) is 24.5. The summed E-state index contributed by atoms with van der Waals surface area (Å²) >= 11 is 0. The van der Waals surface area contributed by atoms with E-state index in [9.17, 15) is 9.59 Å². The topological polar surface area (TPSA) is 47.1 Å². The molecular weight excluding hydrogens is 388 g/mol. The van der Waals surface area contributed by atoms with Crippen molar-refractivity contribution in [3.8, 4) is 0 Å². The Hall–Kier alpha value is -1.14. The van der Waals surface area contributed by atoms with Gasteiger partial charge in [0.1, 0.15) is 5.54 Å². The largest absolute Gasteiger partial charge is 0.329 e. The number of piperidine rings is 2. The van der Waals surface area contributed by atoms with E-state index in [0.29, 0.717) is 13.3 Å². The van der Waals surface area contributed by atoms with Crippen LogP contribution in [0.25, 0.3) is 0 Å². The van der Waals surface area contributed by atoms with E-state index in [1.165, 1.54) is 70.6 Å².